The van der Waals surface area contributed by atoms with Crippen LogP contribution in [0, 0.1) is 6.92 Å². The van der Waals surface area contributed by atoms with Crippen molar-refractivity contribution in [1.82, 2.24) is 5.32 Å². The standard InChI is InChI=1S/C20H19F3N2O4.C2H7N/c1-13-6-4-9-17(19(11-26)25-27-3)18(13)12-28-24-14(2)15-7-5-8-16(10-15)29-20(21,22)23;1-3-2/h4-11H,12H2,1-3H3;3H,1-2H3/b24-14+,25-19-;. The fourth-order valence-electron chi connectivity index (χ4n) is 2.53. The van der Waals surface area contributed by atoms with Gasteiger partial charge in [0.25, 0.3) is 0 Å². The van der Waals surface area contributed by atoms with Crippen LogP contribution in [0.5, 0.6) is 5.75 Å². The Kier molecular flexibility index (Phi) is 10.9. The van der Waals surface area contributed by atoms with Crippen LogP contribution in [0.3, 0.4) is 0 Å². The van der Waals surface area contributed by atoms with Crippen LogP contribution in [0.4, 0.5) is 13.2 Å². The fourth-order valence-corrected chi connectivity index (χ4v) is 2.53. The van der Waals surface area contributed by atoms with Crippen molar-refractivity contribution in [3.63, 3.8) is 0 Å². The third-order valence-corrected chi connectivity index (χ3v) is 3.88. The zero-order chi connectivity index (χ0) is 24.1. The number of halogens is 3. The Balaban J connectivity index is 0.00000161. The van der Waals surface area contributed by atoms with E-state index in [1.54, 1.807) is 25.1 Å². The summed E-state index contributed by atoms with van der Waals surface area (Å²) in [5.41, 5.74) is 2.94. The van der Waals surface area contributed by atoms with Crippen molar-refractivity contribution in [2.45, 2.75) is 26.8 Å². The van der Waals surface area contributed by atoms with Crippen LogP contribution in [-0.2, 0) is 21.1 Å². The Morgan fingerprint density at radius 3 is 2.38 bits per heavy atom. The third-order valence-electron chi connectivity index (χ3n) is 3.88. The second-order valence-corrected chi connectivity index (χ2v) is 6.40. The predicted octanol–water partition coefficient (Wildman–Crippen LogP) is 4.22. The van der Waals surface area contributed by atoms with E-state index in [0.717, 1.165) is 5.56 Å². The average Bonchev–Trinajstić information content (AvgIpc) is 2.72. The molecule has 0 unspecified atom stereocenters. The largest absolute Gasteiger partial charge is 0.573 e. The molecule has 0 radical (unpaired) electrons. The van der Waals surface area contributed by atoms with Crippen molar-refractivity contribution >= 4 is 17.7 Å². The number of oxime groups is 2. The van der Waals surface area contributed by atoms with Gasteiger partial charge in [-0.2, -0.15) is 0 Å². The molecule has 0 aromatic heterocycles. The lowest BCUT2D eigenvalue weighted by molar-refractivity contribution is -0.274. The van der Waals surface area contributed by atoms with E-state index in [9.17, 15) is 18.0 Å². The molecule has 2 aromatic rings. The van der Waals surface area contributed by atoms with Crippen molar-refractivity contribution in [2.75, 3.05) is 21.2 Å². The van der Waals surface area contributed by atoms with Crippen LogP contribution in [0.15, 0.2) is 52.8 Å². The number of carbonyl (C=O) groups is 1. The highest BCUT2D eigenvalue weighted by Crippen LogP contribution is 2.24. The minimum atomic E-state index is -4.78. The number of carbonyl (C=O) groups excluding carboxylic acids is 1. The topological polar surface area (TPSA) is 81.5 Å². The van der Waals surface area contributed by atoms with Gasteiger partial charge in [-0.25, -0.2) is 0 Å². The summed E-state index contributed by atoms with van der Waals surface area (Å²) in [6.07, 6.45) is -4.20. The average molecular weight is 453 g/mol. The summed E-state index contributed by atoms with van der Waals surface area (Å²) in [6.45, 7) is 3.45. The van der Waals surface area contributed by atoms with Gasteiger partial charge < -0.3 is 19.7 Å². The lowest BCUT2D eigenvalue weighted by Gasteiger charge is -2.11. The molecule has 0 aliphatic rings. The molecule has 2 rings (SSSR count). The Hall–Kier alpha value is -3.40. The molecule has 10 heteroatoms. The van der Waals surface area contributed by atoms with Gasteiger partial charge in [-0.1, -0.05) is 40.6 Å². The molecule has 0 fully saturated rings. The molecule has 0 saturated heterocycles. The van der Waals surface area contributed by atoms with E-state index in [0.29, 0.717) is 28.7 Å². The van der Waals surface area contributed by atoms with Gasteiger partial charge in [-0.3, -0.25) is 4.79 Å². The Labute approximate surface area is 184 Å². The number of alkyl halides is 3. The molecule has 174 valence electrons. The highest BCUT2D eigenvalue weighted by atomic mass is 19.4. The van der Waals surface area contributed by atoms with Gasteiger partial charge in [0.2, 0.25) is 0 Å². The number of hydrogen-bond acceptors (Lipinski definition) is 7. The van der Waals surface area contributed by atoms with Crippen LogP contribution < -0.4 is 10.1 Å². The number of hydrogen-bond donors (Lipinski definition) is 1. The monoisotopic (exact) mass is 453 g/mol. The van der Waals surface area contributed by atoms with Crippen molar-refractivity contribution in [1.29, 1.82) is 0 Å². The Morgan fingerprint density at radius 1 is 1.12 bits per heavy atom. The molecule has 1 N–H and O–H groups in total. The number of benzene rings is 2. The highest BCUT2D eigenvalue weighted by molar-refractivity contribution is 6.36. The summed E-state index contributed by atoms with van der Waals surface area (Å²) < 4.78 is 41.0. The number of ether oxygens (including phenoxy) is 1. The first-order valence-electron chi connectivity index (χ1n) is 9.43. The van der Waals surface area contributed by atoms with E-state index in [2.05, 4.69) is 25.2 Å². The van der Waals surface area contributed by atoms with Crippen LogP contribution in [0.2, 0.25) is 0 Å². The zero-order valence-corrected chi connectivity index (χ0v) is 18.5. The molecule has 2 aromatic carbocycles. The Morgan fingerprint density at radius 2 is 1.78 bits per heavy atom. The van der Waals surface area contributed by atoms with Crippen LogP contribution in [0.1, 0.15) is 29.2 Å². The van der Waals surface area contributed by atoms with Gasteiger partial charge in [0.1, 0.15) is 25.2 Å². The van der Waals surface area contributed by atoms with E-state index < -0.39 is 6.36 Å². The van der Waals surface area contributed by atoms with Crippen molar-refractivity contribution in [2.24, 2.45) is 10.3 Å². The first-order valence-corrected chi connectivity index (χ1v) is 9.43. The maximum absolute atomic E-state index is 12.4. The molecule has 0 spiro atoms. The molecule has 32 heavy (non-hydrogen) atoms. The second kappa shape index (κ2) is 13.1. The maximum Gasteiger partial charge on any atom is 0.573 e. The molecule has 0 heterocycles. The van der Waals surface area contributed by atoms with Crippen molar-refractivity contribution in [3.8, 4) is 5.75 Å². The minimum absolute atomic E-state index is 0.0225. The number of nitrogens with one attached hydrogen (secondary N) is 1. The molecule has 0 atom stereocenters. The number of rotatable bonds is 8. The van der Waals surface area contributed by atoms with E-state index in [4.69, 9.17) is 4.84 Å². The molecule has 0 saturated carbocycles. The van der Waals surface area contributed by atoms with E-state index in [1.807, 2.05) is 27.1 Å². The van der Waals surface area contributed by atoms with Crippen molar-refractivity contribution < 1.29 is 32.4 Å². The molecule has 0 bridgehead atoms. The van der Waals surface area contributed by atoms with E-state index in [-0.39, 0.29) is 18.1 Å². The van der Waals surface area contributed by atoms with Crippen molar-refractivity contribution in [3.05, 3.63) is 64.7 Å². The van der Waals surface area contributed by atoms with Gasteiger partial charge >= 0.3 is 6.36 Å². The molecular formula is C22H26F3N3O4. The molecule has 7 nitrogen and oxygen atoms in total. The summed E-state index contributed by atoms with van der Waals surface area (Å²) in [5, 5.41) is 10.4. The Bertz CT molecular complexity index is 944. The number of nitrogens with zero attached hydrogens (tertiary/aromatic N) is 2. The van der Waals surface area contributed by atoms with Gasteiger partial charge in [-0.05, 0) is 45.6 Å². The summed E-state index contributed by atoms with van der Waals surface area (Å²) in [6, 6.07) is 10.7. The van der Waals surface area contributed by atoms with E-state index in [1.165, 1.54) is 25.3 Å². The first-order chi connectivity index (χ1) is 15.2. The highest BCUT2D eigenvalue weighted by Gasteiger charge is 2.31. The number of aryl methyl sites for hydroxylation is 1. The second-order valence-electron chi connectivity index (χ2n) is 6.40. The minimum Gasteiger partial charge on any atom is -0.406 e. The third kappa shape index (κ3) is 8.76. The fraction of sp³-hybridized carbons (Fsp3) is 0.318. The lowest BCUT2D eigenvalue weighted by atomic mass is 9.99. The van der Waals surface area contributed by atoms with Gasteiger partial charge in [0, 0.05) is 16.7 Å². The zero-order valence-electron chi connectivity index (χ0n) is 18.5. The van der Waals surface area contributed by atoms with Gasteiger partial charge in [-0.15, -0.1) is 13.2 Å². The normalized spacial score (nSPS) is 11.9. The first kappa shape index (κ1) is 26.6. The van der Waals surface area contributed by atoms with Crippen LogP contribution >= 0.6 is 0 Å². The van der Waals surface area contributed by atoms with Crippen LogP contribution in [0.25, 0.3) is 0 Å². The SMILES string of the molecule is CNC.CO/N=C(/C=O)c1cccc(C)c1CO/N=C(\C)c1cccc(OC(F)(F)F)c1. The smallest absolute Gasteiger partial charge is 0.406 e. The van der Waals surface area contributed by atoms with Gasteiger partial charge in [0.05, 0.1) is 5.71 Å². The summed E-state index contributed by atoms with van der Waals surface area (Å²) in [4.78, 5) is 21.4. The number of aldehydes is 1. The van der Waals surface area contributed by atoms with E-state index >= 15 is 0 Å². The summed E-state index contributed by atoms with van der Waals surface area (Å²) in [5.74, 6) is -0.350. The maximum atomic E-state index is 12.4. The molecular weight excluding hydrogens is 427 g/mol. The molecule has 0 aliphatic heterocycles. The lowest BCUT2D eigenvalue weighted by Crippen LogP contribution is -2.17. The quantitative estimate of drug-likeness (QED) is 0.368. The summed E-state index contributed by atoms with van der Waals surface area (Å²) >= 11 is 0. The molecule has 0 aliphatic carbocycles. The van der Waals surface area contributed by atoms with Crippen LogP contribution in [-0.4, -0.2) is 45.3 Å². The summed E-state index contributed by atoms with van der Waals surface area (Å²) in [7, 11) is 5.08. The predicted molar refractivity (Wildman–Crippen MR) is 116 cm³/mol. The van der Waals surface area contributed by atoms with Gasteiger partial charge in [0.15, 0.2) is 6.29 Å². The molecule has 0 amide bonds.